The van der Waals surface area contributed by atoms with Crippen LogP contribution in [0.1, 0.15) is 11.3 Å². The summed E-state index contributed by atoms with van der Waals surface area (Å²) in [5.41, 5.74) is 5.64. The van der Waals surface area contributed by atoms with E-state index >= 15 is 0 Å². The molecule has 6 nitrogen and oxygen atoms in total. The molecule has 1 aliphatic heterocycles. The van der Waals surface area contributed by atoms with E-state index in [4.69, 9.17) is 10.1 Å². The molecule has 1 aliphatic rings. The van der Waals surface area contributed by atoms with Crippen LogP contribution in [0.25, 0.3) is 49.7 Å². The zero-order valence-electron chi connectivity index (χ0n) is 18.3. The van der Waals surface area contributed by atoms with E-state index in [0.717, 1.165) is 57.1 Å². The van der Waals surface area contributed by atoms with Crippen LogP contribution in [-0.2, 0) is 20.1 Å². The maximum absolute atomic E-state index is 14.5. The number of pyridine rings is 1. The van der Waals surface area contributed by atoms with Crippen LogP contribution in [-0.4, -0.2) is 31.1 Å². The number of nitrogens with one attached hydrogen (secondary N) is 1. The molecule has 0 spiro atoms. The number of fused-ring (bicyclic) bond motifs is 3. The first-order chi connectivity index (χ1) is 16.6. The molecule has 170 valence electrons. The summed E-state index contributed by atoms with van der Waals surface area (Å²) < 4.78 is 31.9. The lowest BCUT2D eigenvalue weighted by molar-refractivity contribution is 0.476. The van der Waals surface area contributed by atoms with Crippen molar-refractivity contribution in [2.24, 2.45) is 7.05 Å². The van der Waals surface area contributed by atoms with Crippen LogP contribution >= 0.6 is 11.3 Å². The number of thiophene rings is 1. The van der Waals surface area contributed by atoms with Crippen LogP contribution in [0.2, 0.25) is 0 Å². The second-order valence-electron chi connectivity index (χ2n) is 8.17. The van der Waals surface area contributed by atoms with Gasteiger partial charge in [-0.1, -0.05) is 6.07 Å². The van der Waals surface area contributed by atoms with Crippen molar-refractivity contribution in [1.82, 2.24) is 29.9 Å². The van der Waals surface area contributed by atoms with Crippen molar-refractivity contribution < 1.29 is 8.78 Å². The Morgan fingerprint density at radius 2 is 2.12 bits per heavy atom. The van der Waals surface area contributed by atoms with E-state index in [1.165, 1.54) is 6.08 Å². The molecule has 0 saturated heterocycles. The minimum atomic E-state index is -0.687. The molecule has 6 rings (SSSR count). The fraction of sp³-hybridized carbons (Fsp3) is 0.160. The molecule has 9 heteroatoms. The Morgan fingerprint density at radius 1 is 1.21 bits per heavy atom. The Morgan fingerprint density at radius 3 is 2.97 bits per heavy atom. The highest BCUT2D eigenvalue weighted by Gasteiger charge is 2.21. The summed E-state index contributed by atoms with van der Waals surface area (Å²) >= 11 is 1.54. The molecule has 0 unspecified atom stereocenters. The average Bonchev–Trinajstić information content (AvgIpc) is 3.57. The van der Waals surface area contributed by atoms with E-state index in [2.05, 4.69) is 16.5 Å². The monoisotopic (exact) mass is 474 g/mol. The lowest BCUT2D eigenvalue weighted by atomic mass is 10.0. The lowest BCUT2D eigenvalue weighted by Gasteiger charge is -2.13. The Kier molecular flexibility index (Phi) is 5.08. The third kappa shape index (κ3) is 3.44. The van der Waals surface area contributed by atoms with E-state index in [0.29, 0.717) is 23.5 Å². The molecule has 0 bridgehead atoms. The number of halogens is 2. The average molecular weight is 475 g/mol. The van der Waals surface area contributed by atoms with Crippen LogP contribution in [0.15, 0.2) is 60.1 Å². The van der Waals surface area contributed by atoms with Gasteiger partial charge in [-0.2, -0.15) is 10.2 Å². The number of hydrogen-bond acceptors (Lipinski definition) is 5. The molecule has 4 aromatic heterocycles. The molecule has 5 heterocycles. The van der Waals surface area contributed by atoms with E-state index < -0.39 is 5.83 Å². The highest BCUT2D eigenvalue weighted by Crippen LogP contribution is 2.39. The van der Waals surface area contributed by atoms with E-state index in [1.807, 2.05) is 52.3 Å². The first-order valence-corrected chi connectivity index (χ1v) is 11.8. The largest absolute Gasteiger partial charge is 0.309 e. The van der Waals surface area contributed by atoms with Crippen LogP contribution < -0.4 is 5.32 Å². The van der Waals surface area contributed by atoms with Crippen LogP contribution in [0.4, 0.5) is 8.78 Å². The minimum absolute atomic E-state index is 0.197. The number of benzene rings is 1. The van der Waals surface area contributed by atoms with Gasteiger partial charge in [-0.25, -0.2) is 13.8 Å². The van der Waals surface area contributed by atoms with Crippen molar-refractivity contribution in [2.75, 3.05) is 6.54 Å². The number of nitrogens with zero attached hydrogens (tertiary/aromatic N) is 5. The predicted octanol–water partition coefficient (Wildman–Crippen LogP) is 5.61. The molecule has 34 heavy (non-hydrogen) atoms. The summed E-state index contributed by atoms with van der Waals surface area (Å²) in [6.07, 6.45) is 4.16. The second kappa shape index (κ2) is 8.27. The quantitative estimate of drug-likeness (QED) is 0.344. The van der Waals surface area contributed by atoms with E-state index in [-0.39, 0.29) is 6.33 Å². The minimum Gasteiger partial charge on any atom is -0.309 e. The van der Waals surface area contributed by atoms with Gasteiger partial charge in [0.1, 0.15) is 11.5 Å². The summed E-state index contributed by atoms with van der Waals surface area (Å²) in [4.78, 5) is 5.04. The zero-order chi connectivity index (χ0) is 23.2. The van der Waals surface area contributed by atoms with Gasteiger partial charge in [0.15, 0.2) is 0 Å². The molecule has 0 radical (unpaired) electrons. The summed E-state index contributed by atoms with van der Waals surface area (Å²) in [6.45, 7) is 2.30. The molecule has 0 atom stereocenters. The van der Waals surface area contributed by atoms with Gasteiger partial charge in [0.05, 0.1) is 46.4 Å². The van der Waals surface area contributed by atoms with Crippen molar-refractivity contribution in [1.29, 1.82) is 0 Å². The molecule has 0 amide bonds. The van der Waals surface area contributed by atoms with Crippen molar-refractivity contribution >= 4 is 38.4 Å². The third-order valence-electron chi connectivity index (χ3n) is 6.09. The van der Waals surface area contributed by atoms with Crippen LogP contribution in [0.3, 0.4) is 0 Å². The van der Waals surface area contributed by atoms with Crippen molar-refractivity contribution in [3.8, 4) is 22.6 Å². The van der Waals surface area contributed by atoms with Gasteiger partial charge >= 0.3 is 0 Å². The maximum Gasteiger partial charge on any atom is 0.126 e. The van der Waals surface area contributed by atoms with Gasteiger partial charge < -0.3 is 5.32 Å². The number of hydrogen-bond donors (Lipinski definition) is 1. The fourth-order valence-corrected chi connectivity index (χ4v) is 5.38. The lowest BCUT2D eigenvalue weighted by Crippen LogP contribution is -2.28. The van der Waals surface area contributed by atoms with Crippen molar-refractivity contribution in [3.63, 3.8) is 0 Å². The first-order valence-electron chi connectivity index (χ1n) is 10.9. The summed E-state index contributed by atoms with van der Waals surface area (Å²) in [5.74, 6) is -0.687. The van der Waals surface area contributed by atoms with Crippen LogP contribution in [0, 0.1) is 0 Å². The Bertz CT molecular complexity index is 1580. The SMILES string of the molecule is Cn1ncc2cc(-c3nc(-c4cc5n(n4)CCNC5)c(C=C(F)/C=C/F)c4ccsc34)ccc21. The first kappa shape index (κ1) is 20.9. The fourth-order valence-electron chi connectivity index (χ4n) is 4.46. The van der Waals surface area contributed by atoms with E-state index in [9.17, 15) is 8.78 Å². The Labute approximate surface area is 197 Å². The normalized spacial score (nSPS) is 14.5. The zero-order valence-corrected chi connectivity index (χ0v) is 19.1. The molecular formula is C25H20F2N6S. The summed E-state index contributed by atoms with van der Waals surface area (Å²) in [7, 11) is 1.91. The molecule has 1 aromatic carbocycles. The van der Waals surface area contributed by atoms with Gasteiger partial charge in [0.25, 0.3) is 0 Å². The highest BCUT2D eigenvalue weighted by molar-refractivity contribution is 7.17. The van der Waals surface area contributed by atoms with Gasteiger partial charge in [-0.15, -0.1) is 11.3 Å². The summed E-state index contributed by atoms with van der Waals surface area (Å²) in [5, 5.41) is 16.3. The predicted molar refractivity (Wildman–Crippen MR) is 132 cm³/mol. The van der Waals surface area contributed by atoms with E-state index in [1.54, 1.807) is 11.3 Å². The second-order valence-corrected chi connectivity index (χ2v) is 9.09. The topological polar surface area (TPSA) is 60.6 Å². The molecule has 0 fully saturated rings. The van der Waals surface area contributed by atoms with Gasteiger partial charge in [-0.3, -0.25) is 9.36 Å². The Hall–Kier alpha value is -3.69. The molecule has 5 aromatic rings. The molecular weight excluding hydrogens is 454 g/mol. The van der Waals surface area contributed by atoms with Crippen molar-refractivity contribution in [2.45, 2.75) is 13.1 Å². The smallest absolute Gasteiger partial charge is 0.126 e. The summed E-state index contributed by atoms with van der Waals surface area (Å²) in [6, 6.07) is 10.1. The third-order valence-corrected chi connectivity index (χ3v) is 7.01. The van der Waals surface area contributed by atoms with Gasteiger partial charge in [0.2, 0.25) is 0 Å². The van der Waals surface area contributed by atoms with Gasteiger partial charge in [-0.05, 0) is 35.7 Å². The van der Waals surface area contributed by atoms with Crippen molar-refractivity contribution in [3.05, 3.63) is 71.4 Å². The van der Waals surface area contributed by atoms with Crippen LogP contribution in [0.5, 0.6) is 0 Å². The number of aryl methyl sites for hydroxylation is 1. The number of rotatable bonds is 4. The maximum atomic E-state index is 14.5. The highest BCUT2D eigenvalue weighted by atomic mass is 32.1. The van der Waals surface area contributed by atoms with Gasteiger partial charge in [0, 0.05) is 48.1 Å². The molecule has 0 saturated carbocycles. The molecule has 1 N–H and O–H groups in total. The Balaban J connectivity index is 1.63. The number of allylic oxidation sites excluding steroid dienone is 2. The number of aromatic nitrogens is 5. The standard InChI is InChI=1S/C25H20F2N6S/c1-32-22-3-2-15(10-16(22)13-29-32)23-25-19(5-9-34-25)20(11-17(27)4-6-26)24(30-23)21-12-18-14-28-7-8-33(18)31-21/h2-6,9-13,28H,7-8,14H2,1H3/b6-4+,17-11?. The molecule has 0 aliphatic carbocycles.